The van der Waals surface area contributed by atoms with Crippen LogP contribution in [0.4, 0.5) is 5.69 Å². The van der Waals surface area contributed by atoms with Crippen LogP contribution in [-0.2, 0) is 6.42 Å². The molecule has 5 heteroatoms. The van der Waals surface area contributed by atoms with Crippen LogP contribution < -0.4 is 5.73 Å². The van der Waals surface area contributed by atoms with Gasteiger partial charge in [0.15, 0.2) is 0 Å². The van der Waals surface area contributed by atoms with E-state index >= 15 is 0 Å². The summed E-state index contributed by atoms with van der Waals surface area (Å²) in [6.45, 7) is 0. The van der Waals surface area contributed by atoms with Crippen LogP contribution in [0.5, 0.6) is 0 Å². The number of hydrogen-bond acceptors (Lipinski definition) is 3. The van der Waals surface area contributed by atoms with Crippen molar-refractivity contribution in [2.75, 3.05) is 0 Å². The van der Waals surface area contributed by atoms with E-state index < -0.39 is 0 Å². The summed E-state index contributed by atoms with van der Waals surface area (Å²) in [4.78, 5) is 10.6. The molecule has 18 heavy (non-hydrogen) atoms. The molecule has 1 aliphatic rings. The molecule has 0 saturated heterocycles. The van der Waals surface area contributed by atoms with E-state index in [0.29, 0.717) is 22.9 Å². The highest BCUT2D eigenvalue weighted by molar-refractivity contribution is 6.31. The first kappa shape index (κ1) is 13.3. The third-order valence-corrected chi connectivity index (χ3v) is 4.09. The molecule has 2 N–H and O–H groups in total. The summed E-state index contributed by atoms with van der Waals surface area (Å²) < 4.78 is 0. The van der Waals surface area contributed by atoms with E-state index in [1.807, 2.05) is 0 Å². The minimum absolute atomic E-state index is 0.0360. The molecule has 0 radical (unpaired) electrons. The van der Waals surface area contributed by atoms with Gasteiger partial charge in [0.2, 0.25) is 0 Å². The summed E-state index contributed by atoms with van der Waals surface area (Å²) in [5.41, 5.74) is 6.82. The Balaban J connectivity index is 2.19. The molecule has 1 unspecified atom stereocenters. The molecule has 1 aromatic rings. The van der Waals surface area contributed by atoms with Gasteiger partial charge in [0.1, 0.15) is 0 Å². The Kier molecular flexibility index (Phi) is 4.19. The first-order valence-electron chi connectivity index (χ1n) is 6.27. The van der Waals surface area contributed by atoms with Crippen LogP contribution in [0.25, 0.3) is 0 Å². The Labute approximate surface area is 111 Å². The second kappa shape index (κ2) is 5.67. The topological polar surface area (TPSA) is 69.2 Å². The van der Waals surface area contributed by atoms with Gasteiger partial charge in [-0.1, -0.05) is 30.5 Å². The number of nitro benzene ring substituents is 1. The monoisotopic (exact) mass is 268 g/mol. The number of nitrogens with zero attached hydrogens (tertiary/aromatic N) is 1. The molecule has 1 atom stereocenters. The van der Waals surface area contributed by atoms with Gasteiger partial charge in [0.05, 0.1) is 9.95 Å². The number of halogens is 1. The summed E-state index contributed by atoms with van der Waals surface area (Å²) in [6, 6.07) is 4.74. The fraction of sp³-hybridized carbons (Fsp3) is 0.538. The van der Waals surface area contributed by atoms with Crippen molar-refractivity contribution in [2.24, 2.45) is 11.7 Å². The van der Waals surface area contributed by atoms with Crippen LogP contribution in [0.3, 0.4) is 0 Å². The lowest BCUT2D eigenvalue weighted by molar-refractivity contribution is -0.385. The smallest absolute Gasteiger partial charge is 0.274 e. The second-order valence-corrected chi connectivity index (χ2v) is 5.31. The lowest BCUT2D eigenvalue weighted by Crippen LogP contribution is -2.31. The summed E-state index contributed by atoms with van der Waals surface area (Å²) in [5.74, 6) is 0.473. The maximum absolute atomic E-state index is 11.0. The van der Waals surface area contributed by atoms with Gasteiger partial charge in [-0.15, -0.1) is 0 Å². The molecule has 0 amide bonds. The molecular weight excluding hydrogens is 252 g/mol. The summed E-state index contributed by atoms with van der Waals surface area (Å²) >= 11 is 6.06. The van der Waals surface area contributed by atoms with Crippen molar-refractivity contribution in [3.8, 4) is 0 Å². The van der Waals surface area contributed by atoms with Crippen LogP contribution in [0, 0.1) is 16.0 Å². The van der Waals surface area contributed by atoms with E-state index in [-0.39, 0.29) is 16.7 Å². The Morgan fingerprint density at radius 1 is 1.44 bits per heavy atom. The fourth-order valence-electron chi connectivity index (χ4n) is 2.71. The zero-order valence-electron chi connectivity index (χ0n) is 10.1. The van der Waals surface area contributed by atoms with Crippen LogP contribution in [0.1, 0.15) is 31.2 Å². The number of benzene rings is 1. The van der Waals surface area contributed by atoms with Crippen LogP contribution in [0.15, 0.2) is 18.2 Å². The summed E-state index contributed by atoms with van der Waals surface area (Å²) in [6.07, 6.45) is 5.16. The molecule has 2 rings (SSSR count). The Morgan fingerprint density at radius 3 is 2.72 bits per heavy atom. The molecule has 1 aromatic carbocycles. The number of hydrogen-bond donors (Lipinski definition) is 1. The molecule has 4 nitrogen and oxygen atoms in total. The normalized spacial score (nSPS) is 17.9. The van der Waals surface area contributed by atoms with Crippen molar-refractivity contribution < 1.29 is 4.92 Å². The molecule has 0 bridgehead atoms. The van der Waals surface area contributed by atoms with Crippen LogP contribution in [0.2, 0.25) is 5.02 Å². The third kappa shape index (κ3) is 2.82. The van der Waals surface area contributed by atoms with Crippen LogP contribution >= 0.6 is 11.6 Å². The lowest BCUT2D eigenvalue weighted by Gasteiger charge is -2.19. The van der Waals surface area contributed by atoms with Crippen molar-refractivity contribution in [2.45, 2.75) is 38.1 Å². The Morgan fingerprint density at radius 2 is 2.11 bits per heavy atom. The Hall–Kier alpha value is -1.13. The van der Waals surface area contributed by atoms with Crippen LogP contribution in [-0.4, -0.2) is 11.0 Å². The van der Waals surface area contributed by atoms with Gasteiger partial charge in [-0.2, -0.15) is 0 Å². The largest absolute Gasteiger partial charge is 0.327 e. The Bertz CT molecular complexity index is 445. The highest BCUT2D eigenvalue weighted by Crippen LogP contribution is 2.32. The van der Waals surface area contributed by atoms with Gasteiger partial charge >= 0.3 is 0 Å². The molecule has 0 aromatic heterocycles. The highest BCUT2D eigenvalue weighted by atomic mass is 35.5. The van der Waals surface area contributed by atoms with E-state index in [9.17, 15) is 10.1 Å². The molecule has 98 valence electrons. The molecule has 1 aliphatic carbocycles. The van der Waals surface area contributed by atoms with E-state index in [0.717, 1.165) is 12.8 Å². The SMILES string of the molecule is NC(Cc1c(Cl)cccc1[N+](=O)[O-])C1CCCC1. The van der Waals surface area contributed by atoms with Gasteiger partial charge in [-0.3, -0.25) is 10.1 Å². The van der Waals surface area contributed by atoms with Gasteiger partial charge in [0.25, 0.3) is 5.69 Å². The zero-order chi connectivity index (χ0) is 13.1. The molecule has 1 fully saturated rings. The molecule has 1 saturated carbocycles. The highest BCUT2D eigenvalue weighted by Gasteiger charge is 2.26. The second-order valence-electron chi connectivity index (χ2n) is 4.91. The maximum atomic E-state index is 11.0. The predicted octanol–water partition coefficient (Wildman–Crippen LogP) is 3.31. The summed E-state index contributed by atoms with van der Waals surface area (Å²) in [7, 11) is 0. The predicted molar refractivity (Wildman–Crippen MR) is 71.7 cm³/mol. The van der Waals surface area contributed by atoms with Crippen molar-refractivity contribution in [1.29, 1.82) is 0 Å². The first-order valence-corrected chi connectivity index (χ1v) is 6.64. The number of rotatable bonds is 4. The van der Waals surface area contributed by atoms with Gasteiger partial charge in [0, 0.05) is 17.7 Å². The van der Waals surface area contributed by atoms with Crippen molar-refractivity contribution in [3.05, 3.63) is 38.9 Å². The summed E-state index contributed by atoms with van der Waals surface area (Å²) in [5, 5.41) is 11.4. The van der Waals surface area contributed by atoms with Gasteiger partial charge in [-0.05, 0) is 31.2 Å². The molecule has 0 spiro atoms. The number of nitrogens with two attached hydrogens (primary N) is 1. The fourth-order valence-corrected chi connectivity index (χ4v) is 2.96. The number of nitro groups is 1. The van der Waals surface area contributed by atoms with E-state index in [4.69, 9.17) is 17.3 Å². The minimum atomic E-state index is -0.386. The van der Waals surface area contributed by atoms with Crippen molar-refractivity contribution in [1.82, 2.24) is 0 Å². The van der Waals surface area contributed by atoms with E-state index in [1.165, 1.54) is 18.9 Å². The molecule has 0 aliphatic heterocycles. The average molecular weight is 269 g/mol. The molecular formula is C13H17ClN2O2. The maximum Gasteiger partial charge on any atom is 0.274 e. The quantitative estimate of drug-likeness (QED) is 0.673. The van der Waals surface area contributed by atoms with Gasteiger partial charge in [-0.25, -0.2) is 0 Å². The van der Waals surface area contributed by atoms with E-state index in [2.05, 4.69) is 0 Å². The third-order valence-electron chi connectivity index (χ3n) is 3.74. The minimum Gasteiger partial charge on any atom is -0.327 e. The standard InChI is InChI=1S/C13H17ClN2O2/c14-11-6-3-7-13(16(17)18)10(11)8-12(15)9-4-1-2-5-9/h3,6-7,9,12H,1-2,4-5,8,15H2. The van der Waals surface area contributed by atoms with Crippen molar-refractivity contribution >= 4 is 17.3 Å². The molecule has 0 heterocycles. The first-order chi connectivity index (χ1) is 8.59. The zero-order valence-corrected chi connectivity index (χ0v) is 10.9. The van der Waals surface area contributed by atoms with E-state index in [1.54, 1.807) is 12.1 Å². The lowest BCUT2D eigenvalue weighted by atomic mass is 9.92. The van der Waals surface area contributed by atoms with Gasteiger partial charge < -0.3 is 5.73 Å². The average Bonchev–Trinajstić information content (AvgIpc) is 2.85. The van der Waals surface area contributed by atoms with Crippen molar-refractivity contribution in [3.63, 3.8) is 0 Å².